The molecule has 2 aromatic heterocycles. The van der Waals surface area contributed by atoms with Crippen LogP contribution in [0.15, 0.2) is 39.3 Å². The van der Waals surface area contributed by atoms with Crippen molar-refractivity contribution in [1.29, 1.82) is 0 Å². The molecule has 0 radical (unpaired) electrons. The number of nitrogens with zero attached hydrogens (tertiary/aromatic N) is 1. The highest BCUT2D eigenvalue weighted by Crippen LogP contribution is 2.41. The van der Waals surface area contributed by atoms with Crippen molar-refractivity contribution >= 4 is 39.0 Å². The molecule has 0 aliphatic rings. The van der Waals surface area contributed by atoms with E-state index in [0.717, 1.165) is 20.9 Å². The molecule has 0 saturated heterocycles. The number of rotatable bonds is 4. The summed E-state index contributed by atoms with van der Waals surface area (Å²) in [6.07, 6.45) is -3.51. The normalized spacial score (nSPS) is 15.0. The van der Waals surface area contributed by atoms with Gasteiger partial charge in [0.25, 0.3) is 0 Å². The summed E-state index contributed by atoms with van der Waals surface area (Å²) in [7, 11) is 0. The van der Waals surface area contributed by atoms with Gasteiger partial charge in [-0.3, -0.25) is 0 Å². The Morgan fingerprint density at radius 3 is 2.43 bits per heavy atom. The number of thioether (sulfide) groups is 1. The highest BCUT2D eigenvalue weighted by atomic mass is 79.9. The molecule has 0 aliphatic carbocycles. The molecule has 0 amide bonds. The van der Waals surface area contributed by atoms with Gasteiger partial charge in [0.15, 0.2) is 0 Å². The lowest BCUT2D eigenvalue weighted by Gasteiger charge is -2.18. The first-order valence-corrected chi connectivity index (χ1v) is 8.47. The van der Waals surface area contributed by atoms with Crippen molar-refractivity contribution in [3.8, 4) is 0 Å². The van der Waals surface area contributed by atoms with E-state index in [1.165, 1.54) is 17.8 Å². The monoisotopic (exact) mass is 396 g/mol. The molecule has 0 saturated carbocycles. The van der Waals surface area contributed by atoms with Gasteiger partial charge in [-0.25, -0.2) is 4.98 Å². The highest BCUT2D eigenvalue weighted by molar-refractivity contribution is 9.11. The van der Waals surface area contributed by atoms with E-state index in [1.807, 2.05) is 19.1 Å². The van der Waals surface area contributed by atoms with Crippen LogP contribution in [0.1, 0.15) is 22.6 Å². The Bertz CT molecular complexity index is 596. The third-order valence-corrected chi connectivity index (χ3v) is 5.94. The van der Waals surface area contributed by atoms with Crippen LogP contribution in [-0.2, 0) is 6.18 Å². The van der Waals surface area contributed by atoms with Crippen LogP contribution in [0.4, 0.5) is 13.2 Å². The predicted molar refractivity (Wildman–Crippen MR) is 83.5 cm³/mol. The molecule has 0 aromatic carbocycles. The molecule has 2 aromatic rings. The van der Waals surface area contributed by atoms with E-state index in [1.54, 1.807) is 11.3 Å². The van der Waals surface area contributed by atoms with Gasteiger partial charge in [-0.15, -0.1) is 11.3 Å². The number of halogens is 4. The lowest BCUT2D eigenvalue weighted by atomic mass is 10.2. The smallest absolute Gasteiger partial charge is 0.327 e. The number of hydrogen-bond acceptors (Lipinski definition) is 4. The minimum absolute atomic E-state index is 0.0504. The van der Waals surface area contributed by atoms with Crippen LogP contribution in [-0.4, -0.2) is 11.0 Å². The van der Waals surface area contributed by atoms with Crippen molar-refractivity contribution in [1.82, 2.24) is 4.98 Å². The Morgan fingerprint density at radius 1 is 1.29 bits per heavy atom. The van der Waals surface area contributed by atoms with Gasteiger partial charge in [-0.05, 0) is 47.1 Å². The summed E-state index contributed by atoms with van der Waals surface area (Å²) in [5.74, 6) is 0. The Balaban J connectivity index is 2.18. The second-order valence-electron chi connectivity index (χ2n) is 4.42. The van der Waals surface area contributed by atoms with Gasteiger partial charge in [0, 0.05) is 17.1 Å². The summed E-state index contributed by atoms with van der Waals surface area (Å²) in [6.45, 7) is 1.87. The second kappa shape index (κ2) is 6.68. The van der Waals surface area contributed by atoms with Crippen LogP contribution >= 0.6 is 39.0 Å². The zero-order valence-electron chi connectivity index (χ0n) is 10.9. The van der Waals surface area contributed by atoms with Gasteiger partial charge in [-0.1, -0.05) is 11.8 Å². The first-order valence-electron chi connectivity index (χ1n) is 5.98. The van der Waals surface area contributed by atoms with Crippen molar-refractivity contribution in [2.24, 2.45) is 5.73 Å². The molecule has 0 spiro atoms. The van der Waals surface area contributed by atoms with E-state index < -0.39 is 11.7 Å². The molecule has 2 heterocycles. The fourth-order valence-electron chi connectivity index (χ4n) is 1.65. The van der Waals surface area contributed by atoms with Gasteiger partial charge < -0.3 is 5.73 Å². The number of aromatic nitrogens is 1. The summed E-state index contributed by atoms with van der Waals surface area (Å²) in [4.78, 5) is 4.94. The fourth-order valence-corrected chi connectivity index (χ4v) is 4.39. The predicted octanol–water partition coefficient (Wildman–Crippen LogP) is 5.11. The molecule has 8 heteroatoms. The Kier molecular flexibility index (Phi) is 5.34. The molecule has 114 valence electrons. The summed E-state index contributed by atoms with van der Waals surface area (Å²) < 4.78 is 38.5. The van der Waals surface area contributed by atoms with E-state index in [0.29, 0.717) is 5.03 Å². The Morgan fingerprint density at radius 2 is 2.00 bits per heavy atom. The minimum Gasteiger partial charge on any atom is -0.327 e. The van der Waals surface area contributed by atoms with Gasteiger partial charge in [-0.2, -0.15) is 13.2 Å². The lowest BCUT2D eigenvalue weighted by Crippen LogP contribution is -2.22. The molecule has 2 unspecified atom stereocenters. The molecular formula is C13H12BrF3N2S2. The first kappa shape index (κ1) is 16.8. The van der Waals surface area contributed by atoms with Gasteiger partial charge in [0.2, 0.25) is 0 Å². The van der Waals surface area contributed by atoms with Crippen LogP contribution in [0.3, 0.4) is 0 Å². The molecule has 0 aliphatic heterocycles. The summed E-state index contributed by atoms with van der Waals surface area (Å²) >= 11 is 6.32. The van der Waals surface area contributed by atoms with Crippen molar-refractivity contribution in [3.05, 3.63) is 44.7 Å². The number of pyridine rings is 1. The quantitative estimate of drug-likeness (QED) is 0.730. The number of nitrogens with two attached hydrogens (primary N) is 1. The van der Waals surface area contributed by atoms with Crippen molar-refractivity contribution < 1.29 is 13.2 Å². The van der Waals surface area contributed by atoms with Crippen LogP contribution in [0.2, 0.25) is 0 Å². The molecule has 2 N–H and O–H groups in total. The van der Waals surface area contributed by atoms with Gasteiger partial charge in [0.05, 0.1) is 19.6 Å². The first-order chi connectivity index (χ1) is 9.77. The van der Waals surface area contributed by atoms with Crippen LogP contribution in [0, 0.1) is 0 Å². The minimum atomic E-state index is -4.37. The highest BCUT2D eigenvalue weighted by Gasteiger charge is 2.31. The zero-order valence-corrected chi connectivity index (χ0v) is 14.1. The van der Waals surface area contributed by atoms with Crippen molar-refractivity contribution in [2.75, 3.05) is 0 Å². The number of alkyl halides is 3. The maximum Gasteiger partial charge on any atom is 0.417 e. The summed E-state index contributed by atoms with van der Waals surface area (Å²) in [6, 6.07) is 6.16. The van der Waals surface area contributed by atoms with Crippen molar-refractivity contribution in [2.45, 2.75) is 29.4 Å². The van der Waals surface area contributed by atoms with Crippen molar-refractivity contribution in [3.63, 3.8) is 0 Å². The topological polar surface area (TPSA) is 38.9 Å². The molecule has 2 atom stereocenters. The van der Waals surface area contributed by atoms with Crippen LogP contribution < -0.4 is 5.73 Å². The van der Waals surface area contributed by atoms with E-state index >= 15 is 0 Å². The van der Waals surface area contributed by atoms with E-state index in [-0.39, 0.29) is 11.3 Å². The molecule has 0 fully saturated rings. The Labute approximate surface area is 137 Å². The molecular weight excluding hydrogens is 385 g/mol. The van der Waals surface area contributed by atoms with E-state index in [2.05, 4.69) is 20.9 Å². The average molecular weight is 397 g/mol. The fraction of sp³-hybridized carbons (Fsp3) is 0.308. The molecule has 2 nitrogen and oxygen atoms in total. The third kappa shape index (κ3) is 4.45. The lowest BCUT2D eigenvalue weighted by molar-refractivity contribution is -0.137. The SMILES string of the molecule is CC(N)C(Sc1ccc(C(F)(F)F)cn1)c1ccc(Br)s1. The maximum atomic E-state index is 12.5. The summed E-state index contributed by atoms with van der Waals surface area (Å²) in [5.41, 5.74) is 5.24. The number of thiophene rings is 1. The summed E-state index contributed by atoms with van der Waals surface area (Å²) in [5, 5.41) is 0.473. The average Bonchev–Trinajstić information content (AvgIpc) is 2.81. The van der Waals surface area contributed by atoms with Crippen LogP contribution in [0.25, 0.3) is 0 Å². The van der Waals surface area contributed by atoms with Crippen LogP contribution in [0.5, 0.6) is 0 Å². The molecule has 0 bridgehead atoms. The maximum absolute atomic E-state index is 12.5. The molecule has 21 heavy (non-hydrogen) atoms. The third-order valence-electron chi connectivity index (χ3n) is 2.66. The van der Waals surface area contributed by atoms with E-state index in [4.69, 9.17) is 5.73 Å². The number of hydrogen-bond donors (Lipinski definition) is 1. The molecule has 2 rings (SSSR count). The second-order valence-corrected chi connectivity index (χ2v) is 8.08. The van der Waals surface area contributed by atoms with Gasteiger partial charge in [0.1, 0.15) is 0 Å². The standard InChI is InChI=1S/C13H12BrF3N2S2/c1-7(18)12(9-3-4-10(14)20-9)21-11-5-2-8(6-19-11)13(15,16)17/h2-7,12H,18H2,1H3. The zero-order chi connectivity index (χ0) is 15.6. The van der Waals surface area contributed by atoms with E-state index in [9.17, 15) is 13.2 Å². The largest absolute Gasteiger partial charge is 0.417 e. The Hall–Kier alpha value is -0.570. The van der Waals surface area contributed by atoms with Gasteiger partial charge >= 0.3 is 6.18 Å².